The lowest BCUT2D eigenvalue weighted by atomic mass is 10.0. The van der Waals surface area contributed by atoms with E-state index in [1.165, 1.54) is 0 Å². The summed E-state index contributed by atoms with van der Waals surface area (Å²) in [7, 11) is 7.55. The number of methoxy groups -OCH3 is 1. The van der Waals surface area contributed by atoms with E-state index in [4.69, 9.17) is 15.5 Å². The van der Waals surface area contributed by atoms with Gasteiger partial charge in [0.1, 0.15) is 5.75 Å². The van der Waals surface area contributed by atoms with E-state index in [9.17, 15) is 0 Å². The lowest BCUT2D eigenvalue weighted by Crippen LogP contribution is -2.17. The summed E-state index contributed by atoms with van der Waals surface area (Å²) in [5, 5.41) is 10.9. The molecule has 3 heterocycles. The molecule has 0 aliphatic carbocycles. The number of aromatic nitrogens is 4. The minimum Gasteiger partial charge on any atom is -0.494 e. The molecule has 4 N–H and O–H groups in total. The van der Waals surface area contributed by atoms with Gasteiger partial charge < -0.3 is 26.0 Å². The highest BCUT2D eigenvalue weighted by atomic mass is 16.5. The third-order valence-corrected chi connectivity index (χ3v) is 5.33. The van der Waals surface area contributed by atoms with Crippen LogP contribution < -0.4 is 21.1 Å². The van der Waals surface area contributed by atoms with Gasteiger partial charge in [-0.15, -0.1) is 0 Å². The number of fused-ring (bicyclic) bond motifs is 1. The Kier molecular flexibility index (Phi) is 6.09. The maximum atomic E-state index is 6.50. The summed E-state index contributed by atoms with van der Waals surface area (Å²) in [6.07, 6.45) is 6.19. The van der Waals surface area contributed by atoms with E-state index in [1.807, 2.05) is 68.4 Å². The number of anilines is 4. The van der Waals surface area contributed by atoms with Crippen molar-refractivity contribution in [1.29, 1.82) is 0 Å². The summed E-state index contributed by atoms with van der Waals surface area (Å²) in [5.74, 6) is 1.13. The van der Waals surface area contributed by atoms with Gasteiger partial charge in [0.15, 0.2) is 0 Å². The molecule has 4 aromatic rings. The predicted octanol–water partition coefficient (Wildman–Crippen LogP) is 3.27. The highest BCUT2D eigenvalue weighted by Gasteiger charge is 2.18. The quantitative estimate of drug-likeness (QED) is 0.364. The van der Waals surface area contributed by atoms with Crippen LogP contribution in [0.2, 0.25) is 0 Å². The number of nitrogens with zero attached hydrogens (tertiary/aromatic N) is 5. The number of rotatable bonds is 8. The number of nitrogens with one attached hydrogen (secondary N) is 2. The van der Waals surface area contributed by atoms with E-state index in [-0.39, 0.29) is 0 Å². The summed E-state index contributed by atoms with van der Waals surface area (Å²) in [5.41, 5.74) is 12.4. The van der Waals surface area contributed by atoms with Crippen LogP contribution in [0.4, 0.5) is 23.0 Å². The lowest BCUT2D eigenvalue weighted by Gasteiger charge is -2.21. The standard InChI is InChI=1S/C23H28N8O/c1-25-18-13-20(32-4)22(15(21(18)24)9-12-30(2)3)29-23-26-10-8-17(28-23)16-14-27-31-11-6-5-7-19(16)31/h5-8,10-11,13-14,25H,9,12,24H2,1-4H3,(H,26,28,29). The maximum absolute atomic E-state index is 6.50. The zero-order valence-electron chi connectivity index (χ0n) is 18.8. The molecule has 0 spiro atoms. The van der Waals surface area contributed by atoms with Gasteiger partial charge in [-0.05, 0) is 38.7 Å². The molecule has 166 valence electrons. The maximum Gasteiger partial charge on any atom is 0.227 e. The van der Waals surface area contributed by atoms with Crippen LogP contribution in [0.5, 0.6) is 5.75 Å². The first kappa shape index (κ1) is 21.4. The first-order chi connectivity index (χ1) is 15.5. The van der Waals surface area contributed by atoms with E-state index >= 15 is 0 Å². The summed E-state index contributed by atoms with van der Waals surface area (Å²) in [6, 6.07) is 9.69. The summed E-state index contributed by atoms with van der Waals surface area (Å²) < 4.78 is 7.51. The van der Waals surface area contributed by atoms with Gasteiger partial charge in [-0.3, -0.25) is 0 Å². The molecule has 0 unspecified atom stereocenters. The number of pyridine rings is 1. The van der Waals surface area contributed by atoms with Gasteiger partial charge in [0, 0.05) is 43.2 Å². The second-order valence-electron chi connectivity index (χ2n) is 7.68. The van der Waals surface area contributed by atoms with Crippen molar-refractivity contribution in [3.05, 3.63) is 54.5 Å². The number of hydrogen-bond donors (Lipinski definition) is 3. The second kappa shape index (κ2) is 9.11. The highest BCUT2D eigenvalue weighted by Crippen LogP contribution is 2.40. The van der Waals surface area contributed by atoms with Crippen molar-refractivity contribution in [3.63, 3.8) is 0 Å². The third-order valence-electron chi connectivity index (χ3n) is 5.33. The van der Waals surface area contributed by atoms with E-state index in [2.05, 4.69) is 25.6 Å². The summed E-state index contributed by atoms with van der Waals surface area (Å²) >= 11 is 0. The Morgan fingerprint density at radius 1 is 1.22 bits per heavy atom. The molecule has 0 radical (unpaired) electrons. The molecule has 0 saturated heterocycles. The van der Waals surface area contributed by atoms with Gasteiger partial charge in [-0.1, -0.05) is 6.07 Å². The number of benzene rings is 1. The van der Waals surface area contributed by atoms with E-state index < -0.39 is 0 Å². The number of ether oxygens (including phenoxy) is 1. The zero-order chi connectivity index (χ0) is 22.7. The molecule has 0 aliphatic rings. The molecule has 0 amide bonds. The summed E-state index contributed by atoms with van der Waals surface area (Å²) in [6.45, 7) is 0.832. The molecular weight excluding hydrogens is 404 g/mol. The molecule has 1 aromatic carbocycles. The number of hydrogen-bond acceptors (Lipinski definition) is 8. The largest absolute Gasteiger partial charge is 0.494 e. The molecule has 0 saturated carbocycles. The van der Waals surface area contributed by atoms with Crippen LogP contribution in [0.1, 0.15) is 5.56 Å². The van der Waals surface area contributed by atoms with Crippen molar-refractivity contribution >= 4 is 28.5 Å². The van der Waals surface area contributed by atoms with Gasteiger partial charge in [0.2, 0.25) is 5.95 Å². The third kappa shape index (κ3) is 4.15. The van der Waals surface area contributed by atoms with E-state index in [0.29, 0.717) is 17.4 Å². The van der Waals surface area contributed by atoms with Crippen LogP contribution in [-0.4, -0.2) is 59.3 Å². The zero-order valence-corrected chi connectivity index (χ0v) is 18.8. The first-order valence-corrected chi connectivity index (χ1v) is 10.4. The van der Waals surface area contributed by atoms with Gasteiger partial charge in [0.25, 0.3) is 0 Å². The van der Waals surface area contributed by atoms with Gasteiger partial charge in [0.05, 0.1) is 41.6 Å². The number of nitrogen functional groups attached to an aromatic ring is 1. The predicted molar refractivity (Wildman–Crippen MR) is 129 cm³/mol. The smallest absolute Gasteiger partial charge is 0.227 e. The molecule has 0 aliphatic heterocycles. The Labute approximate surface area is 187 Å². The average Bonchev–Trinajstić information content (AvgIpc) is 3.23. The molecule has 3 aromatic heterocycles. The van der Waals surface area contributed by atoms with E-state index in [0.717, 1.165) is 46.7 Å². The van der Waals surface area contributed by atoms with Crippen LogP contribution in [0.25, 0.3) is 16.8 Å². The van der Waals surface area contributed by atoms with Crippen LogP contribution in [-0.2, 0) is 6.42 Å². The molecular formula is C23H28N8O. The number of nitrogens with two attached hydrogens (primary N) is 1. The normalized spacial score (nSPS) is 11.2. The van der Waals surface area contributed by atoms with Gasteiger partial charge in [-0.2, -0.15) is 5.10 Å². The minimum atomic E-state index is 0.457. The second-order valence-corrected chi connectivity index (χ2v) is 7.68. The minimum absolute atomic E-state index is 0.457. The molecule has 9 nitrogen and oxygen atoms in total. The fourth-order valence-electron chi connectivity index (χ4n) is 3.64. The Bertz CT molecular complexity index is 1230. The van der Waals surface area contributed by atoms with Crippen LogP contribution in [0, 0.1) is 0 Å². The van der Waals surface area contributed by atoms with Gasteiger partial charge >= 0.3 is 0 Å². The molecule has 0 fully saturated rings. The van der Waals surface area contributed by atoms with Crippen LogP contribution in [0.15, 0.2) is 48.9 Å². The van der Waals surface area contributed by atoms with Crippen molar-refractivity contribution in [3.8, 4) is 17.0 Å². The van der Waals surface area contributed by atoms with Crippen molar-refractivity contribution in [2.24, 2.45) is 0 Å². The Hall–Kier alpha value is -3.85. The fraction of sp³-hybridized carbons (Fsp3) is 0.261. The van der Waals surface area contributed by atoms with Crippen molar-refractivity contribution in [1.82, 2.24) is 24.5 Å². The SMILES string of the molecule is CNc1cc(OC)c(Nc2nccc(-c3cnn4ccccc34)n2)c(CCN(C)C)c1N. The van der Waals surface area contributed by atoms with Gasteiger partial charge in [-0.25, -0.2) is 14.5 Å². The van der Waals surface area contributed by atoms with E-state index in [1.54, 1.807) is 13.3 Å². The van der Waals surface area contributed by atoms with Crippen molar-refractivity contribution in [2.75, 3.05) is 51.2 Å². The first-order valence-electron chi connectivity index (χ1n) is 10.4. The molecule has 4 rings (SSSR count). The monoisotopic (exact) mass is 432 g/mol. The average molecular weight is 433 g/mol. The van der Waals surface area contributed by atoms with Crippen molar-refractivity contribution < 1.29 is 4.74 Å². The molecule has 0 bridgehead atoms. The van der Waals surface area contributed by atoms with Crippen LogP contribution in [0.3, 0.4) is 0 Å². The molecule has 9 heteroatoms. The lowest BCUT2D eigenvalue weighted by molar-refractivity contribution is 0.409. The topological polar surface area (TPSA) is 106 Å². The van der Waals surface area contributed by atoms with Crippen molar-refractivity contribution in [2.45, 2.75) is 6.42 Å². The molecule has 32 heavy (non-hydrogen) atoms. The fourth-order valence-corrected chi connectivity index (χ4v) is 3.64. The highest BCUT2D eigenvalue weighted by molar-refractivity contribution is 5.84. The Morgan fingerprint density at radius 3 is 2.81 bits per heavy atom. The van der Waals surface area contributed by atoms with Crippen LogP contribution >= 0.6 is 0 Å². The Balaban J connectivity index is 1.75. The number of likely N-dealkylation sites (N-methyl/N-ethyl adjacent to an activating group) is 1. The Morgan fingerprint density at radius 2 is 2.06 bits per heavy atom. The molecule has 0 atom stereocenters. The summed E-state index contributed by atoms with van der Waals surface area (Å²) in [4.78, 5) is 11.3.